The van der Waals surface area contributed by atoms with Gasteiger partial charge in [0.1, 0.15) is 5.52 Å². The lowest BCUT2D eigenvalue weighted by Crippen LogP contribution is -2.33. The molecule has 0 radical (unpaired) electrons. The van der Waals surface area contributed by atoms with Crippen LogP contribution < -0.4 is 10.6 Å². The fourth-order valence-electron chi connectivity index (χ4n) is 2.65. The maximum absolute atomic E-state index is 12.0. The van der Waals surface area contributed by atoms with Crippen LogP contribution in [0.4, 0.5) is 5.69 Å². The van der Waals surface area contributed by atoms with Crippen molar-refractivity contribution in [3.8, 4) is 11.5 Å². The third-order valence-electron chi connectivity index (χ3n) is 3.97. The Morgan fingerprint density at radius 1 is 1.18 bits per heavy atom. The molecule has 6 nitrogen and oxygen atoms in total. The van der Waals surface area contributed by atoms with Crippen molar-refractivity contribution >= 4 is 51.6 Å². The van der Waals surface area contributed by atoms with E-state index < -0.39 is 5.91 Å². The first-order valence-corrected chi connectivity index (χ1v) is 9.11. The summed E-state index contributed by atoms with van der Waals surface area (Å²) in [6.45, 7) is 1.99. The maximum Gasteiger partial charge on any atom is 0.293 e. The molecule has 0 spiro atoms. The molecule has 0 aliphatic heterocycles. The number of benzene rings is 2. The van der Waals surface area contributed by atoms with Gasteiger partial charge < -0.3 is 14.2 Å². The zero-order valence-corrected chi connectivity index (χ0v) is 16.2. The summed E-state index contributed by atoms with van der Waals surface area (Å²) in [6, 6.07) is 14.1. The fourth-order valence-corrected chi connectivity index (χ4v) is 3.06. The Labute approximate surface area is 170 Å². The first-order chi connectivity index (χ1) is 13.5. The van der Waals surface area contributed by atoms with E-state index in [1.54, 1.807) is 30.3 Å². The molecule has 2 heterocycles. The summed E-state index contributed by atoms with van der Waals surface area (Å²) >= 11 is 11.5. The van der Waals surface area contributed by atoms with Gasteiger partial charge in [-0.25, -0.2) is 4.98 Å². The van der Waals surface area contributed by atoms with Crippen molar-refractivity contribution in [3.63, 3.8) is 0 Å². The average Bonchev–Trinajstić information content (AvgIpc) is 3.32. The van der Waals surface area contributed by atoms with Gasteiger partial charge in [0.2, 0.25) is 5.89 Å². The summed E-state index contributed by atoms with van der Waals surface area (Å²) in [6.07, 6.45) is 1.42. The molecule has 28 heavy (non-hydrogen) atoms. The molecular weight excluding hydrogens is 398 g/mol. The normalized spacial score (nSPS) is 10.8. The quantitative estimate of drug-likeness (QED) is 0.452. The number of carbonyl (C=O) groups is 1. The third-order valence-corrected chi connectivity index (χ3v) is 4.50. The van der Waals surface area contributed by atoms with Crippen molar-refractivity contribution in [1.29, 1.82) is 0 Å². The number of anilines is 1. The van der Waals surface area contributed by atoms with E-state index in [-0.39, 0.29) is 10.9 Å². The van der Waals surface area contributed by atoms with Crippen LogP contribution in [0, 0.1) is 6.92 Å². The van der Waals surface area contributed by atoms with Gasteiger partial charge in [-0.3, -0.25) is 10.1 Å². The standard InChI is InChI=1S/C20H14ClN3O3S/c1-11-4-7-16-15(9-11)23-19(27-16)13-10-12(5-6-14(13)21)22-20(28)24-18(25)17-3-2-8-26-17/h2-10H,1H3,(H2,22,24,25,28). The SMILES string of the molecule is Cc1ccc2oc(-c3cc(NC(=S)NC(=O)c4ccco4)ccc3Cl)nc2c1. The largest absolute Gasteiger partial charge is 0.459 e. The highest BCUT2D eigenvalue weighted by molar-refractivity contribution is 7.80. The van der Waals surface area contributed by atoms with Crippen LogP contribution in [-0.4, -0.2) is 16.0 Å². The van der Waals surface area contributed by atoms with Crippen molar-refractivity contribution in [1.82, 2.24) is 10.3 Å². The Hall–Kier alpha value is -3.16. The van der Waals surface area contributed by atoms with E-state index in [1.807, 2.05) is 25.1 Å². The minimum absolute atomic E-state index is 0.128. The summed E-state index contributed by atoms with van der Waals surface area (Å²) < 4.78 is 10.9. The number of hydrogen-bond donors (Lipinski definition) is 2. The molecule has 1 amide bonds. The molecule has 0 bridgehead atoms. The van der Waals surface area contributed by atoms with E-state index in [0.29, 0.717) is 27.7 Å². The van der Waals surface area contributed by atoms with Crippen molar-refractivity contribution in [2.24, 2.45) is 0 Å². The highest BCUT2D eigenvalue weighted by Gasteiger charge is 2.14. The van der Waals surface area contributed by atoms with Gasteiger partial charge in [-0.05, 0) is 67.2 Å². The maximum atomic E-state index is 12.0. The molecule has 2 aromatic heterocycles. The zero-order chi connectivity index (χ0) is 19.7. The number of hydrogen-bond acceptors (Lipinski definition) is 5. The van der Waals surface area contributed by atoms with Crippen LogP contribution in [0.15, 0.2) is 63.6 Å². The van der Waals surface area contributed by atoms with E-state index in [0.717, 1.165) is 11.1 Å². The molecule has 0 fully saturated rings. The van der Waals surface area contributed by atoms with Gasteiger partial charge in [-0.2, -0.15) is 0 Å². The number of nitrogens with one attached hydrogen (secondary N) is 2. The number of rotatable bonds is 3. The molecule has 0 aliphatic carbocycles. The van der Waals surface area contributed by atoms with Gasteiger partial charge in [0.25, 0.3) is 5.91 Å². The number of fused-ring (bicyclic) bond motifs is 1. The second-order valence-corrected chi connectivity index (χ2v) is 6.89. The van der Waals surface area contributed by atoms with Crippen molar-refractivity contribution in [2.45, 2.75) is 6.92 Å². The van der Waals surface area contributed by atoms with E-state index in [2.05, 4.69) is 15.6 Å². The number of oxazole rings is 1. The second-order valence-electron chi connectivity index (χ2n) is 6.07. The van der Waals surface area contributed by atoms with Gasteiger partial charge in [0.15, 0.2) is 16.5 Å². The lowest BCUT2D eigenvalue weighted by molar-refractivity contribution is 0.0950. The molecule has 4 rings (SSSR count). The molecule has 0 saturated carbocycles. The number of aromatic nitrogens is 1. The Kier molecular flexibility index (Phi) is 4.85. The number of amides is 1. The topological polar surface area (TPSA) is 80.3 Å². The summed E-state index contributed by atoms with van der Waals surface area (Å²) in [5.41, 5.74) is 3.76. The number of halogens is 1. The smallest absolute Gasteiger partial charge is 0.293 e. The first kappa shape index (κ1) is 18.2. The van der Waals surface area contributed by atoms with Crippen LogP contribution in [-0.2, 0) is 0 Å². The van der Waals surface area contributed by atoms with E-state index >= 15 is 0 Å². The third kappa shape index (κ3) is 3.76. The molecule has 2 N–H and O–H groups in total. The van der Waals surface area contributed by atoms with Crippen LogP contribution in [0.25, 0.3) is 22.6 Å². The fraction of sp³-hybridized carbons (Fsp3) is 0.0500. The van der Waals surface area contributed by atoms with Gasteiger partial charge in [-0.1, -0.05) is 17.7 Å². The van der Waals surface area contributed by atoms with Gasteiger partial charge in [-0.15, -0.1) is 0 Å². The van der Waals surface area contributed by atoms with Gasteiger partial charge >= 0.3 is 0 Å². The van der Waals surface area contributed by atoms with Crippen LogP contribution in [0.5, 0.6) is 0 Å². The van der Waals surface area contributed by atoms with E-state index in [4.69, 9.17) is 32.7 Å². The number of aryl methyl sites for hydroxylation is 1. The van der Waals surface area contributed by atoms with Gasteiger partial charge in [0, 0.05) is 5.69 Å². The summed E-state index contributed by atoms with van der Waals surface area (Å²) in [7, 11) is 0. The molecule has 2 aromatic carbocycles. The van der Waals surface area contributed by atoms with Crippen LogP contribution in [0.3, 0.4) is 0 Å². The number of furan rings is 1. The predicted molar refractivity (Wildman–Crippen MR) is 112 cm³/mol. The lowest BCUT2D eigenvalue weighted by Gasteiger charge is -2.10. The van der Waals surface area contributed by atoms with Crippen LogP contribution in [0.2, 0.25) is 5.02 Å². The Balaban J connectivity index is 1.56. The molecule has 0 atom stereocenters. The summed E-state index contributed by atoms with van der Waals surface area (Å²) in [5.74, 6) is 0.133. The second kappa shape index (κ2) is 7.46. The van der Waals surface area contributed by atoms with Crippen LogP contribution in [0.1, 0.15) is 16.1 Å². The van der Waals surface area contributed by atoms with Crippen molar-refractivity contribution in [3.05, 3.63) is 71.1 Å². The Morgan fingerprint density at radius 2 is 2.04 bits per heavy atom. The molecule has 8 heteroatoms. The molecule has 0 unspecified atom stereocenters. The molecule has 4 aromatic rings. The van der Waals surface area contributed by atoms with Crippen molar-refractivity contribution in [2.75, 3.05) is 5.32 Å². The molecule has 0 aliphatic rings. The Morgan fingerprint density at radius 3 is 2.82 bits per heavy atom. The summed E-state index contributed by atoms with van der Waals surface area (Å²) in [5, 5.41) is 6.11. The number of carbonyl (C=O) groups excluding carboxylic acids is 1. The van der Waals surface area contributed by atoms with E-state index in [9.17, 15) is 4.79 Å². The lowest BCUT2D eigenvalue weighted by atomic mass is 10.2. The minimum Gasteiger partial charge on any atom is -0.459 e. The van der Waals surface area contributed by atoms with Crippen LogP contribution >= 0.6 is 23.8 Å². The zero-order valence-electron chi connectivity index (χ0n) is 14.7. The molecule has 140 valence electrons. The summed E-state index contributed by atoms with van der Waals surface area (Å²) in [4.78, 5) is 16.5. The number of nitrogens with zero attached hydrogens (tertiary/aromatic N) is 1. The molecule has 0 saturated heterocycles. The highest BCUT2D eigenvalue weighted by atomic mass is 35.5. The molecular formula is C20H14ClN3O3S. The minimum atomic E-state index is -0.439. The van der Waals surface area contributed by atoms with Gasteiger partial charge in [0.05, 0.1) is 16.8 Å². The number of thiocarbonyl (C=S) groups is 1. The average molecular weight is 412 g/mol. The monoisotopic (exact) mass is 411 g/mol. The van der Waals surface area contributed by atoms with E-state index in [1.165, 1.54) is 6.26 Å². The first-order valence-electron chi connectivity index (χ1n) is 8.32. The Bertz CT molecular complexity index is 1180. The van der Waals surface area contributed by atoms with Crippen molar-refractivity contribution < 1.29 is 13.6 Å². The predicted octanol–water partition coefficient (Wildman–Crippen LogP) is 5.18. The highest BCUT2D eigenvalue weighted by Crippen LogP contribution is 2.32.